The van der Waals surface area contributed by atoms with Gasteiger partial charge in [-0.15, -0.1) is 0 Å². The van der Waals surface area contributed by atoms with Crippen molar-refractivity contribution in [3.8, 4) is 0 Å². The minimum atomic E-state index is -3.60. The maximum Gasteiger partial charge on any atom is 0.329 e. The van der Waals surface area contributed by atoms with E-state index in [0.29, 0.717) is 13.0 Å². The standard InChI is InChI=1S/C15H22N2O5S/c1-11-4-5-13(8-14(11)16(2)3)23(20,21)17-7-6-12(9-17)22-10-15(18)19/h4-5,8,12H,6-7,9-10H2,1-3H3,(H,18,19)/t12-/m0/s1. The van der Waals surface area contributed by atoms with Crippen molar-refractivity contribution in [2.75, 3.05) is 38.7 Å². The molecule has 1 aliphatic heterocycles. The Morgan fingerprint density at radius 2 is 2.13 bits per heavy atom. The Hall–Kier alpha value is -1.64. The van der Waals surface area contributed by atoms with Crippen molar-refractivity contribution < 1.29 is 23.1 Å². The molecule has 0 bridgehead atoms. The molecule has 1 fully saturated rings. The molecular formula is C15H22N2O5S. The summed E-state index contributed by atoms with van der Waals surface area (Å²) in [4.78, 5) is 12.6. The van der Waals surface area contributed by atoms with Crippen molar-refractivity contribution in [3.63, 3.8) is 0 Å². The van der Waals surface area contributed by atoms with E-state index in [9.17, 15) is 13.2 Å². The van der Waals surface area contributed by atoms with E-state index < -0.39 is 22.6 Å². The van der Waals surface area contributed by atoms with E-state index in [1.54, 1.807) is 18.2 Å². The van der Waals surface area contributed by atoms with Gasteiger partial charge in [0.25, 0.3) is 0 Å². The van der Waals surface area contributed by atoms with E-state index in [0.717, 1.165) is 11.3 Å². The topological polar surface area (TPSA) is 87.1 Å². The fraction of sp³-hybridized carbons (Fsp3) is 0.533. The lowest BCUT2D eigenvalue weighted by molar-refractivity contribution is -0.144. The van der Waals surface area contributed by atoms with E-state index >= 15 is 0 Å². The molecule has 23 heavy (non-hydrogen) atoms. The van der Waals surface area contributed by atoms with Gasteiger partial charge in [0.15, 0.2) is 0 Å². The van der Waals surface area contributed by atoms with Crippen molar-refractivity contribution in [2.24, 2.45) is 0 Å². The number of carboxylic acid groups (broad SMARTS) is 1. The third-order valence-electron chi connectivity index (χ3n) is 3.85. The Kier molecular flexibility index (Phi) is 5.28. The molecule has 0 spiro atoms. The Balaban J connectivity index is 2.16. The molecule has 1 heterocycles. The lowest BCUT2D eigenvalue weighted by Crippen LogP contribution is -2.31. The molecule has 1 aliphatic rings. The zero-order valence-corrected chi connectivity index (χ0v) is 14.3. The number of rotatable bonds is 6. The molecule has 0 radical (unpaired) electrons. The summed E-state index contributed by atoms with van der Waals surface area (Å²) < 4.78 is 32.0. The number of aliphatic carboxylic acids is 1. The second-order valence-electron chi connectivity index (χ2n) is 5.82. The van der Waals surface area contributed by atoms with E-state index in [-0.39, 0.29) is 17.5 Å². The van der Waals surface area contributed by atoms with Gasteiger partial charge in [-0.25, -0.2) is 13.2 Å². The zero-order chi connectivity index (χ0) is 17.2. The van der Waals surface area contributed by atoms with Gasteiger partial charge in [0.05, 0.1) is 11.0 Å². The van der Waals surface area contributed by atoms with Gasteiger partial charge < -0.3 is 14.7 Å². The lowest BCUT2D eigenvalue weighted by Gasteiger charge is -2.20. The summed E-state index contributed by atoms with van der Waals surface area (Å²) in [6.07, 6.45) is 0.124. The highest BCUT2D eigenvalue weighted by Gasteiger charge is 2.33. The molecular weight excluding hydrogens is 320 g/mol. The molecule has 0 amide bonds. The third kappa shape index (κ3) is 4.01. The SMILES string of the molecule is Cc1ccc(S(=O)(=O)N2CC[C@H](OCC(=O)O)C2)cc1N(C)C. The quantitative estimate of drug-likeness (QED) is 0.827. The van der Waals surface area contributed by atoms with Crippen LogP contribution in [-0.2, 0) is 19.6 Å². The number of hydrogen-bond donors (Lipinski definition) is 1. The van der Waals surface area contributed by atoms with Gasteiger partial charge in [-0.3, -0.25) is 0 Å². The maximum atomic E-state index is 12.7. The number of hydrogen-bond acceptors (Lipinski definition) is 5. The van der Waals surface area contributed by atoms with Crippen LogP contribution in [0.1, 0.15) is 12.0 Å². The summed E-state index contributed by atoms with van der Waals surface area (Å²) in [5.41, 5.74) is 1.85. The normalized spacial score (nSPS) is 19.0. The maximum absolute atomic E-state index is 12.7. The fourth-order valence-corrected chi connectivity index (χ4v) is 4.13. The van der Waals surface area contributed by atoms with Gasteiger partial charge in [-0.1, -0.05) is 6.07 Å². The summed E-state index contributed by atoms with van der Waals surface area (Å²) >= 11 is 0. The summed E-state index contributed by atoms with van der Waals surface area (Å²) in [6.45, 7) is 2.03. The number of benzene rings is 1. The third-order valence-corrected chi connectivity index (χ3v) is 5.71. The number of nitrogens with zero attached hydrogens (tertiary/aromatic N) is 2. The number of sulfonamides is 1. The van der Waals surface area contributed by atoms with Crippen molar-refractivity contribution in [2.45, 2.75) is 24.3 Å². The predicted octanol–water partition coefficient (Wildman–Crippen LogP) is 0.925. The van der Waals surface area contributed by atoms with Crippen LogP contribution in [0, 0.1) is 6.92 Å². The molecule has 128 valence electrons. The van der Waals surface area contributed by atoms with E-state index in [1.165, 1.54) is 4.31 Å². The molecule has 0 aromatic heterocycles. The molecule has 7 nitrogen and oxygen atoms in total. The summed E-state index contributed by atoms with van der Waals surface area (Å²) in [5.74, 6) is -1.06. The summed E-state index contributed by atoms with van der Waals surface area (Å²) in [6, 6.07) is 5.05. The molecule has 1 aromatic carbocycles. The van der Waals surface area contributed by atoms with Crippen LogP contribution >= 0.6 is 0 Å². The van der Waals surface area contributed by atoms with Crippen LogP contribution in [0.25, 0.3) is 0 Å². The van der Waals surface area contributed by atoms with Crippen LogP contribution in [0.3, 0.4) is 0 Å². The molecule has 0 unspecified atom stereocenters. The van der Waals surface area contributed by atoms with Gasteiger partial charge >= 0.3 is 5.97 Å². The first kappa shape index (κ1) is 17.7. The summed E-state index contributed by atoms with van der Waals surface area (Å²) in [7, 11) is 0.127. The van der Waals surface area contributed by atoms with Gasteiger partial charge in [-0.05, 0) is 31.0 Å². The van der Waals surface area contributed by atoms with Crippen molar-refractivity contribution in [3.05, 3.63) is 23.8 Å². The average Bonchev–Trinajstić information content (AvgIpc) is 2.94. The molecule has 1 atom stereocenters. The number of anilines is 1. The molecule has 2 rings (SSSR count). The summed E-state index contributed by atoms with van der Waals surface area (Å²) in [5, 5.41) is 8.62. The first-order valence-electron chi connectivity index (χ1n) is 7.33. The largest absolute Gasteiger partial charge is 0.480 e. The van der Waals surface area contributed by atoms with Crippen LogP contribution in [0.4, 0.5) is 5.69 Å². The Bertz CT molecular complexity index is 687. The van der Waals surface area contributed by atoms with Gasteiger partial charge in [0.1, 0.15) is 6.61 Å². The van der Waals surface area contributed by atoms with Gasteiger partial charge in [-0.2, -0.15) is 4.31 Å². The number of carbonyl (C=O) groups is 1. The second kappa shape index (κ2) is 6.86. The van der Waals surface area contributed by atoms with Crippen LogP contribution in [0.15, 0.2) is 23.1 Å². The van der Waals surface area contributed by atoms with Crippen LogP contribution < -0.4 is 4.90 Å². The van der Waals surface area contributed by atoms with Gasteiger partial charge in [0.2, 0.25) is 10.0 Å². The lowest BCUT2D eigenvalue weighted by atomic mass is 10.2. The fourth-order valence-electron chi connectivity index (χ4n) is 2.62. The van der Waals surface area contributed by atoms with Crippen molar-refractivity contribution in [1.29, 1.82) is 0 Å². The molecule has 1 aromatic rings. The molecule has 0 saturated carbocycles. The highest BCUT2D eigenvalue weighted by Crippen LogP contribution is 2.27. The Morgan fingerprint density at radius 1 is 1.43 bits per heavy atom. The smallest absolute Gasteiger partial charge is 0.329 e. The van der Waals surface area contributed by atoms with Crippen LogP contribution in [-0.4, -0.2) is 63.7 Å². The molecule has 1 saturated heterocycles. The van der Waals surface area contributed by atoms with Gasteiger partial charge in [0, 0.05) is 32.9 Å². The van der Waals surface area contributed by atoms with E-state index in [4.69, 9.17) is 9.84 Å². The van der Waals surface area contributed by atoms with Crippen LogP contribution in [0.5, 0.6) is 0 Å². The molecule has 8 heteroatoms. The number of carboxylic acids is 1. The predicted molar refractivity (Wildman–Crippen MR) is 86.3 cm³/mol. The minimum absolute atomic E-state index is 0.181. The van der Waals surface area contributed by atoms with Crippen molar-refractivity contribution in [1.82, 2.24) is 4.31 Å². The highest BCUT2D eigenvalue weighted by atomic mass is 32.2. The first-order chi connectivity index (χ1) is 10.7. The number of aryl methyl sites for hydroxylation is 1. The first-order valence-corrected chi connectivity index (χ1v) is 8.77. The zero-order valence-electron chi connectivity index (χ0n) is 13.5. The number of ether oxygens (including phenoxy) is 1. The van der Waals surface area contributed by atoms with E-state index in [2.05, 4.69) is 0 Å². The molecule has 1 N–H and O–H groups in total. The monoisotopic (exact) mass is 342 g/mol. The molecule has 0 aliphatic carbocycles. The second-order valence-corrected chi connectivity index (χ2v) is 7.76. The Labute approximate surface area is 136 Å². The Morgan fingerprint density at radius 3 is 2.74 bits per heavy atom. The van der Waals surface area contributed by atoms with Crippen LogP contribution in [0.2, 0.25) is 0 Å². The minimum Gasteiger partial charge on any atom is -0.480 e. The van der Waals surface area contributed by atoms with Crippen molar-refractivity contribution >= 4 is 21.7 Å². The highest BCUT2D eigenvalue weighted by molar-refractivity contribution is 7.89. The average molecular weight is 342 g/mol. The van der Waals surface area contributed by atoms with E-state index in [1.807, 2.05) is 25.9 Å².